The molecule has 0 amide bonds. The summed E-state index contributed by atoms with van der Waals surface area (Å²) in [6.45, 7) is 15.0. The molecule has 0 bridgehead atoms. The van der Waals surface area contributed by atoms with E-state index in [2.05, 4.69) is 0 Å². The predicted octanol–water partition coefficient (Wildman–Crippen LogP) is 3.21. The first kappa shape index (κ1) is 32.3. The fourth-order valence-corrected chi connectivity index (χ4v) is 8.93. The lowest BCUT2D eigenvalue weighted by molar-refractivity contribution is -0.0399. The van der Waals surface area contributed by atoms with E-state index < -0.39 is 61.0 Å². The van der Waals surface area contributed by atoms with Gasteiger partial charge in [-0.3, -0.25) is 13.7 Å². The molecule has 0 aliphatic carbocycles. The molecular weight excluding hydrogens is 481 g/mol. The monoisotopic (exact) mass is 528 g/mol. The summed E-state index contributed by atoms with van der Waals surface area (Å²) in [6, 6.07) is -0.530. The molecule has 1 rings (SSSR count). The number of aliphatic hydroxyl groups is 3. The van der Waals surface area contributed by atoms with Crippen molar-refractivity contribution in [2.24, 2.45) is 0 Å². The van der Waals surface area contributed by atoms with Gasteiger partial charge in [-0.15, -0.1) is 0 Å². The van der Waals surface area contributed by atoms with Crippen LogP contribution in [0.4, 0.5) is 0 Å². The van der Waals surface area contributed by atoms with Crippen LogP contribution in [0.15, 0.2) is 0 Å². The second-order valence-electron chi connectivity index (χ2n) is 10.7. The third-order valence-electron chi connectivity index (χ3n) is 8.38. The van der Waals surface area contributed by atoms with Crippen LogP contribution in [0, 0.1) is 0 Å². The first-order chi connectivity index (χ1) is 15.2. The molecule has 1 heterocycles. The van der Waals surface area contributed by atoms with Gasteiger partial charge in [0.05, 0.1) is 28.5 Å². The quantitative estimate of drug-likeness (QED) is 0.209. The summed E-state index contributed by atoms with van der Waals surface area (Å²) in [6.07, 6.45) is -1.55. The van der Waals surface area contributed by atoms with Gasteiger partial charge in [-0.1, -0.05) is 27.7 Å². The second kappa shape index (κ2) is 10.9. The van der Waals surface area contributed by atoms with Gasteiger partial charge in [0.2, 0.25) is 7.37 Å². The van der Waals surface area contributed by atoms with Crippen molar-refractivity contribution in [2.75, 3.05) is 6.66 Å². The van der Waals surface area contributed by atoms with Crippen molar-refractivity contribution in [2.45, 2.75) is 134 Å². The summed E-state index contributed by atoms with van der Waals surface area (Å²) in [7, 11) is -6.42. The Hall–Kier alpha value is 0.245. The van der Waals surface area contributed by atoms with Crippen LogP contribution in [0.3, 0.4) is 0 Å². The van der Waals surface area contributed by atoms with E-state index in [4.69, 9.17) is 13.8 Å². The Bertz CT molecular complexity index is 796. The third-order valence-corrected chi connectivity index (χ3v) is 13.9. The van der Waals surface area contributed by atoms with Crippen LogP contribution < -0.4 is 0 Å². The largest absolute Gasteiger partial charge is 0.388 e. The summed E-state index contributed by atoms with van der Waals surface area (Å²) in [5, 5.41) is 27.8. The Morgan fingerprint density at radius 2 is 1.44 bits per heavy atom. The van der Waals surface area contributed by atoms with E-state index in [9.17, 15) is 29.3 Å². The molecule has 1 fully saturated rings. The van der Waals surface area contributed by atoms with Crippen LogP contribution in [-0.4, -0.2) is 80.7 Å². The number of hydrogen-bond donors (Lipinski definition) is 4. The highest BCUT2D eigenvalue weighted by molar-refractivity contribution is 7.60. The second-order valence-corrected chi connectivity index (χ2v) is 15.7. The van der Waals surface area contributed by atoms with Gasteiger partial charge in [-0.2, -0.15) is 0 Å². The van der Waals surface area contributed by atoms with Gasteiger partial charge in [-0.25, -0.2) is 0 Å². The molecule has 4 unspecified atom stereocenters. The maximum Gasteiger partial charge on any atom is 0.359 e. The topological polar surface area (TPSA) is 143 Å². The van der Waals surface area contributed by atoms with Crippen molar-refractivity contribution in [1.82, 2.24) is 0 Å². The molecule has 0 saturated carbocycles. The first-order valence-electron chi connectivity index (χ1n) is 12.3. The lowest BCUT2D eigenvalue weighted by atomic mass is 9.85. The number of rotatable bonds is 13. The Kier molecular flexibility index (Phi) is 10.4. The van der Waals surface area contributed by atoms with Crippen molar-refractivity contribution in [3.63, 3.8) is 0 Å². The van der Waals surface area contributed by atoms with E-state index in [1.165, 1.54) is 13.6 Å². The predicted molar refractivity (Wildman–Crippen MR) is 136 cm³/mol. The normalized spacial score (nSPS) is 34.1. The molecule has 202 valence electrons. The number of ether oxygens (including phenoxy) is 1. The van der Waals surface area contributed by atoms with Gasteiger partial charge in [0, 0.05) is 13.1 Å². The molecule has 0 aromatic rings. The molecule has 1 aliphatic heterocycles. The molecular formula is C22H47BO9P2. The van der Waals surface area contributed by atoms with Crippen molar-refractivity contribution < 1.29 is 43.1 Å². The lowest BCUT2D eigenvalue weighted by Crippen LogP contribution is -2.52. The highest BCUT2D eigenvalue weighted by atomic mass is 31.2. The third kappa shape index (κ3) is 6.03. The van der Waals surface area contributed by atoms with Gasteiger partial charge in [0.15, 0.2) is 5.34 Å². The fourth-order valence-electron chi connectivity index (χ4n) is 4.50. The van der Waals surface area contributed by atoms with E-state index >= 15 is 0 Å². The molecule has 4 N–H and O–H groups in total. The summed E-state index contributed by atoms with van der Waals surface area (Å²) in [5.41, 5.74) is -2.33. The van der Waals surface area contributed by atoms with Crippen molar-refractivity contribution in [1.29, 1.82) is 0 Å². The zero-order valence-electron chi connectivity index (χ0n) is 22.6. The standard InChI is InChI=1S/C22H47BO9P2/c1-10-19(5,14-15-16(24)17(25)18(23)30-15)31-33(9,27)21(7,12-3)20(6,11-2)32-34(28,29)22(8,26)13-4/h15-18,24-26H,10-14,23H2,1-9H3,(H,28,29)/t15-,16-,17-,18-,19?,20?,21-,22-,33?/m1/s1. The smallest absolute Gasteiger partial charge is 0.359 e. The molecule has 0 spiro atoms. The Morgan fingerprint density at radius 1 is 0.912 bits per heavy atom. The van der Waals surface area contributed by atoms with E-state index in [0.29, 0.717) is 12.8 Å². The van der Waals surface area contributed by atoms with Crippen molar-refractivity contribution in [3.8, 4) is 0 Å². The molecule has 0 aromatic carbocycles. The van der Waals surface area contributed by atoms with Crippen LogP contribution >= 0.6 is 15.0 Å². The van der Waals surface area contributed by atoms with Gasteiger partial charge in [0.1, 0.15) is 20.1 Å². The number of aliphatic hydroxyl groups excluding tert-OH is 2. The first-order valence-corrected chi connectivity index (χ1v) is 15.9. The van der Waals surface area contributed by atoms with Gasteiger partial charge in [-0.05, 0) is 53.4 Å². The summed E-state index contributed by atoms with van der Waals surface area (Å²) in [5.74, 6) is 0. The van der Waals surface area contributed by atoms with E-state index in [1.807, 2.05) is 13.8 Å². The highest BCUT2D eigenvalue weighted by Crippen LogP contribution is 2.69. The SMILES string of the molecule is B[C@@H]1O[C@H](CC(C)(CC)OP(C)(=O)[C@](C)(CC)C(C)(CC)OP(=O)(O)[C@@](C)(O)CC)[C@@H](O)[C@H]1O. The van der Waals surface area contributed by atoms with Gasteiger partial charge >= 0.3 is 7.60 Å². The van der Waals surface area contributed by atoms with E-state index in [-0.39, 0.29) is 19.3 Å². The minimum atomic E-state index is -4.52. The molecule has 12 heteroatoms. The van der Waals surface area contributed by atoms with Crippen LogP contribution in [0.2, 0.25) is 0 Å². The lowest BCUT2D eigenvalue weighted by Gasteiger charge is -2.51. The van der Waals surface area contributed by atoms with Crippen LogP contribution in [0.5, 0.6) is 0 Å². The Labute approximate surface area is 206 Å². The van der Waals surface area contributed by atoms with Crippen LogP contribution in [-0.2, 0) is 22.9 Å². The highest BCUT2D eigenvalue weighted by Gasteiger charge is 2.60. The average Bonchev–Trinajstić information content (AvgIpc) is 2.97. The van der Waals surface area contributed by atoms with Crippen LogP contribution in [0.25, 0.3) is 0 Å². The molecule has 9 nitrogen and oxygen atoms in total. The molecule has 1 saturated heterocycles. The minimum Gasteiger partial charge on any atom is -0.388 e. The molecule has 10 atom stereocenters. The fraction of sp³-hybridized carbons (Fsp3) is 1.00. The molecule has 0 aromatic heterocycles. The average molecular weight is 528 g/mol. The summed E-state index contributed by atoms with van der Waals surface area (Å²) in [4.78, 5) is 10.7. The van der Waals surface area contributed by atoms with E-state index in [0.717, 1.165) is 0 Å². The molecule has 1 aliphatic rings. The van der Waals surface area contributed by atoms with E-state index in [1.54, 1.807) is 42.5 Å². The summed E-state index contributed by atoms with van der Waals surface area (Å²) < 4.78 is 45.3. The zero-order chi connectivity index (χ0) is 27.0. The maximum absolute atomic E-state index is 14.3. The Balaban J connectivity index is 3.35. The number of hydrogen-bond acceptors (Lipinski definition) is 8. The van der Waals surface area contributed by atoms with Crippen molar-refractivity contribution >= 4 is 22.8 Å². The van der Waals surface area contributed by atoms with Crippen molar-refractivity contribution in [3.05, 3.63) is 0 Å². The zero-order valence-corrected chi connectivity index (χ0v) is 24.4. The van der Waals surface area contributed by atoms with Gasteiger partial charge < -0.3 is 29.5 Å². The molecule has 34 heavy (non-hydrogen) atoms. The van der Waals surface area contributed by atoms with Gasteiger partial charge in [0.25, 0.3) is 0 Å². The minimum absolute atomic E-state index is 0.00555. The Morgan fingerprint density at radius 3 is 1.79 bits per heavy atom. The maximum atomic E-state index is 14.3. The van der Waals surface area contributed by atoms with Crippen LogP contribution in [0.1, 0.15) is 87.5 Å². The summed E-state index contributed by atoms with van der Waals surface area (Å²) >= 11 is 0. The molecule has 0 radical (unpaired) electrons.